The van der Waals surface area contributed by atoms with E-state index in [1.165, 1.54) is 0 Å². The summed E-state index contributed by atoms with van der Waals surface area (Å²) >= 11 is 3.37. The van der Waals surface area contributed by atoms with Gasteiger partial charge in [-0.05, 0) is 13.0 Å². The number of aromatic nitrogens is 1. The van der Waals surface area contributed by atoms with Gasteiger partial charge in [-0.2, -0.15) is 0 Å². The molecule has 0 aliphatic heterocycles. The van der Waals surface area contributed by atoms with Crippen molar-refractivity contribution in [3.05, 3.63) is 40.2 Å². The minimum Gasteiger partial charge on any atom is -0.475 e. The van der Waals surface area contributed by atoms with Crippen LogP contribution in [0.25, 0.3) is 11.1 Å². The highest BCUT2D eigenvalue weighted by Gasteiger charge is 2.21. The van der Waals surface area contributed by atoms with E-state index in [0.29, 0.717) is 11.3 Å². The van der Waals surface area contributed by atoms with E-state index in [1.54, 1.807) is 6.92 Å². The lowest BCUT2D eigenvalue weighted by Gasteiger charge is -2.02. The number of halogens is 1. The Labute approximate surface area is 100 Å². The largest absolute Gasteiger partial charge is 0.475 e. The number of aryl methyl sites for hydroxylation is 1. The summed E-state index contributed by atoms with van der Waals surface area (Å²) in [5.74, 6) is -1.25. The summed E-state index contributed by atoms with van der Waals surface area (Å²) in [6, 6.07) is 7.35. The van der Waals surface area contributed by atoms with Crippen LogP contribution in [0.4, 0.5) is 0 Å². The van der Waals surface area contributed by atoms with E-state index in [4.69, 9.17) is 9.63 Å². The SMILES string of the molecule is Cc1noc(C(=O)O)c1-c1ccccc1Br. The molecular weight excluding hydrogens is 274 g/mol. The number of carbonyl (C=O) groups is 1. The molecule has 0 aliphatic rings. The summed E-state index contributed by atoms with van der Waals surface area (Å²) < 4.78 is 5.60. The predicted octanol–water partition coefficient (Wildman–Crippen LogP) is 3.11. The second kappa shape index (κ2) is 4.09. The van der Waals surface area contributed by atoms with Gasteiger partial charge in [0, 0.05) is 10.0 Å². The third-order valence-corrected chi connectivity index (χ3v) is 2.89. The zero-order valence-corrected chi connectivity index (χ0v) is 9.98. The number of benzene rings is 1. The number of hydrogen-bond acceptors (Lipinski definition) is 3. The third-order valence-electron chi connectivity index (χ3n) is 2.20. The fourth-order valence-electron chi connectivity index (χ4n) is 1.50. The van der Waals surface area contributed by atoms with Gasteiger partial charge in [-0.25, -0.2) is 4.79 Å². The molecule has 0 bridgehead atoms. The Morgan fingerprint density at radius 1 is 1.44 bits per heavy atom. The molecule has 1 aromatic carbocycles. The lowest BCUT2D eigenvalue weighted by molar-refractivity contribution is 0.0653. The topological polar surface area (TPSA) is 63.3 Å². The minimum atomic E-state index is -1.12. The lowest BCUT2D eigenvalue weighted by atomic mass is 10.0. The summed E-state index contributed by atoms with van der Waals surface area (Å²) in [6.07, 6.45) is 0. The molecule has 0 amide bonds. The van der Waals surface area contributed by atoms with E-state index < -0.39 is 5.97 Å². The quantitative estimate of drug-likeness (QED) is 0.919. The maximum absolute atomic E-state index is 11.0. The van der Waals surface area contributed by atoms with Crippen LogP contribution in [0.5, 0.6) is 0 Å². The van der Waals surface area contributed by atoms with E-state index in [9.17, 15) is 4.79 Å². The number of nitrogens with zero attached hydrogens (tertiary/aromatic N) is 1. The predicted molar refractivity (Wildman–Crippen MR) is 61.3 cm³/mol. The van der Waals surface area contributed by atoms with Gasteiger partial charge in [0.25, 0.3) is 5.76 Å². The first-order valence-electron chi connectivity index (χ1n) is 4.55. The molecule has 5 heteroatoms. The fourth-order valence-corrected chi connectivity index (χ4v) is 1.98. The highest BCUT2D eigenvalue weighted by atomic mass is 79.9. The highest BCUT2D eigenvalue weighted by Crippen LogP contribution is 2.32. The van der Waals surface area contributed by atoms with Crippen molar-refractivity contribution in [3.8, 4) is 11.1 Å². The maximum atomic E-state index is 11.0. The second-order valence-corrected chi connectivity index (χ2v) is 4.11. The molecule has 0 spiro atoms. The minimum absolute atomic E-state index is 0.135. The van der Waals surface area contributed by atoms with Crippen LogP contribution in [-0.2, 0) is 0 Å². The highest BCUT2D eigenvalue weighted by molar-refractivity contribution is 9.10. The number of rotatable bonds is 2. The number of aromatic carboxylic acids is 1. The van der Waals surface area contributed by atoms with Crippen molar-refractivity contribution in [3.63, 3.8) is 0 Å². The van der Waals surface area contributed by atoms with Gasteiger partial charge in [-0.15, -0.1) is 0 Å². The van der Waals surface area contributed by atoms with Crippen LogP contribution >= 0.6 is 15.9 Å². The van der Waals surface area contributed by atoms with Crippen molar-refractivity contribution < 1.29 is 14.4 Å². The third kappa shape index (κ3) is 1.74. The van der Waals surface area contributed by atoms with E-state index in [1.807, 2.05) is 24.3 Å². The van der Waals surface area contributed by atoms with Gasteiger partial charge < -0.3 is 9.63 Å². The van der Waals surface area contributed by atoms with Gasteiger partial charge in [-0.1, -0.05) is 39.3 Å². The molecule has 0 unspecified atom stereocenters. The summed E-state index contributed by atoms with van der Waals surface area (Å²) in [7, 11) is 0. The normalized spacial score (nSPS) is 10.4. The lowest BCUT2D eigenvalue weighted by Crippen LogP contribution is -1.97. The molecule has 0 radical (unpaired) electrons. The standard InChI is InChI=1S/C11H8BrNO3/c1-6-9(10(11(14)15)16-13-6)7-4-2-3-5-8(7)12/h2-5H,1H3,(H,14,15). The van der Waals surface area contributed by atoms with Crippen LogP contribution in [0.3, 0.4) is 0 Å². The van der Waals surface area contributed by atoms with Gasteiger partial charge >= 0.3 is 5.97 Å². The van der Waals surface area contributed by atoms with Crippen molar-refractivity contribution >= 4 is 21.9 Å². The Morgan fingerprint density at radius 3 is 2.75 bits per heavy atom. The van der Waals surface area contributed by atoms with Crippen LogP contribution < -0.4 is 0 Å². The average molecular weight is 282 g/mol. The number of carboxylic acids is 1. The second-order valence-electron chi connectivity index (χ2n) is 3.26. The zero-order valence-electron chi connectivity index (χ0n) is 8.40. The summed E-state index contributed by atoms with van der Waals surface area (Å²) in [6.45, 7) is 1.71. The Hall–Kier alpha value is -1.62. The Bertz CT molecular complexity index is 548. The maximum Gasteiger partial charge on any atom is 0.375 e. The Kier molecular flexibility index (Phi) is 2.78. The number of hydrogen-bond donors (Lipinski definition) is 1. The molecule has 0 aliphatic carbocycles. The molecule has 4 nitrogen and oxygen atoms in total. The van der Waals surface area contributed by atoms with Crippen LogP contribution in [0, 0.1) is 6.92 Å². The van der Waals surface area contributed by atoms with Gasteiger partial charge in [0.1, 0.15) is 0 Å². The molecule has 82 valence electrons. The molecule has 1 heterocycles. The Balaban J connectivity index is 2.68. The number of carboxylic acid groups (broad SMARTS) is 1. The van der Waals surface area contributed by atoms with E-state index in [2.05, 4.69) is 21.1 Å². The molecule has 16 heavy (non-hydrogen) atoms. The van der Waals surface area contributed by atoms with Crippen molar-refractivity contribution in [2.24, 2.45) is 0 Å². The fraction of sp³-hybridized carbons (Fsp3) is 0.0909. The smallest absolute Gasteiger partial charge is 0.375 e. The molecule has 2 aromatic rings. The summed E-state index contributed by atoms with van der Waals surface area (Å²) in [5.41, 5.74) is 1.84. The molecule has 2 rings (SSSR count). The summed E-state index contributed by atoms with van der Waals surface area (Å²) in [5, 5.41) is 12.7. The van der Waals surface area contributed by atoms with Crippen LogP contribution in [0.2, 0.25) is 0 Å². The van der Waals surface area contributed by atoms with Crippen molar-refractivity contribution in [1.82, 2.24) is 5.16 Å². The first-order chi connectivity index (χ1) is 7.61. The molecule has 0 saturated heterocycles. The average Bonchev–Trinajstić information content (AvgIpc) is 2.61. The molecular formula is C11H8BrNO3. The Morgan fingerprint density at radius 2 is 2.12 bits per heavy atom. The van der Waals surface area contributed by atoms with E-state index >= 15 is 0 Å². The molecule has 1 N–H and O–H groups in total. The first-order valence-corrected chi connectivity index (χ1v) is 5.35. The molecule has 0 atom stereocenters. The van der Waals surface area contributed by atoms with Gasteiger partial charge in [0.2, 0.25) is 0 Å². The molecule has 0 fully saturated rings. The van der Waals surface area contributed by atoms with Gasteiger partial charge in [-0.3, -0.25) is 0 Å². The van der Waals surface area contributed by atoms with Crippen LogP contribution in [0.1, 0.15) is 16.2 Å². The van der Waals surface area contributed by atoms with Crippen molar-refractivity contribution in [1.29, 1.82) is 0 Å². The van der Waals surface area contributed by atoms with Crippen LogP contribution in [0.15, 0.2) is 33.3 Å². The van der Waals surface area contributed by atoms with Crippen LogP contribution in [-0.4, -0.2) is 16.2 Å². The van der Waals surface area contributed by atoms with E-state index in [-0.39, 0.29) is 5.76 Å². The van der Waals surface area contributed by atoms with Crippen molar-refractivity contribution in [2.75, 3.05) is 0 Å². The molecule has 1 aromatic heterocycles. The van der Waals surface area contributed by atoms with Gasteiger partial charge in [0.15, 0.2) is 0 Å². The molecule has 0 saturated carbocycles. The van der Waals surface area contributed by atoms with Crippen molar-refractivity contribution in [2.45, 2.75) is 6.92 Å². The monoisotopic (exact) mass is 281 g/mol. The zero-order chi connectivity index (χ0) is 11.7. The first kappa shape index (κ1) is 10.9. The van der Waals surface area contributed by atoms with Gasteiger partial charge in [0.05, 0.1) is 11.3 Å². The van der Waals surface area contributed by atoms with E-state index in [0.717, 1.165) is 10.0 Å². The summed E-state index contributed by atoms with van der Waals surface area (Å²) in [4.78, 5) is 11.0.